The van der Waals surface area contributed by atoms with Crippen LogP contribution in [-0.2, 0) is 11.3 Å². The van der Waals surface area contributed by atoms with E-state index in [1.54, 1.807) is 7.11 Å². The number of aromatic nitrogens is 3. The Bertz CT molecular complexity index is 280. The number of nitrogens with zero attached hydrogens (tertiary/aromatic N) is 3. The number of hydrogen-bond donors (Lipinski definition) is 1. The number of ether oxygens (including phenoxy) is 1. The van der Waals surface area contributed by atoms with E-state index in [9.17, 15) is 0 Å². The summed E-state index contributed by atoms with van der Waals surface area (Å²) in [4.78, 5) is 0. The zero-order valence-electron chi connectivity index (χ0n) is 8.44. The van der Waals surface area contributed by atoms with Gasteiger partial charge >= 0.3 is 0 Å². The highest BCUT2D eigenvalue weighted by Gasteiger charge is 2.17. The third-order valence-corrected chi connectivity index (χ3v) is 2.62. The molecule has 1 aromatic heterocycles. The molecule has 1 aliphatic rings. The molecule has 0 bridgehead atoms. The van der Waals surface area contributed by atoms with Gasteiger partial charge < -0.3 is 14.6 Å². The second kappa shape index (κ2) is 4.52. The Kier molecular flexibility index (Phi) is 3.10. The molecule has 1 saturated heterocycles. The first-order valence-electron chi connectivity index (χ1n) is 5.00. The molecule has 5 heteroatoms. The maximum atomic E-state index is 5.08. The highest BCUT2D eigenvalue weighted by molar-refractivity contribution is 4.89. The number of nitrogens with one attached hydrogen (secondary N) is 1. The molecular formula is C9H16N4O. The molecule has 1 fully saturated rings. The zero-order chi connectivity index (χ0) is 9.80. The van der Waals surface area contributed by atoms with Gasteiger partial charge in [0, 0.05) is 13.2 Å². The summed E-state index contributed by atoms with van der Waals surface area (Å²) in [6, 6.07) is 0.538. The van der Waals surface area contributed by atoms with Gasteiger partial charge in [-0.15, -0.1) is 10.2 Å². The Labute approximate surface area is 83.5 Å². The van der Waals surface area contributed by atoms with Crippen LogP contribution >= 0.6 is 0 Å². The van der Waals surface area contributed by atoms with Gasteiger partial charge in [-0.1, -0.05) is 0 Å². The molecule has 0 aliphatic carbocycles. The standard InChI is InChI=1S/C9H16N4O/c1-14-6-9-12-11-7-13(9)8-2-4-10-5-3-8/h7-8,10H,2-6H2,1H3. The number of hydrogen-bond acceptors (Lipinski definition) is 4. The summed E-state index contributed by atoms with van der Waals surface area (Å²) in [7, 11) is 1.68. The Balaban J connectivity index is 2.09. The van der Waals surface area contributed by atoms with Gasteiger partial charge in [-0.3, -0.25) is 0 Å². The summed E-state index contributed by atoms with van der Waals surface area (Å²) in [6.45, 7) is 2.70. The van der Waals surface area contributed by atoms with Crippen LogP contribution < -0.4 is 5.32 Å². The molecule has 5 nitrogen and oxygen atoms in total. The fraction of sp³-hybridized carbons (Fsp3) is 0.778. The Morgan fingerprint density at radius 2 is 2.36 bits per heavy atom. The van der Waals surface area contributed by atoms with Gasteiger partial charge in [-0.25, -0.2) is 0 Å². The lowest BCUT2D eigenvalue weighted by molar-refractivity contribution is 0.170. The van der Waals surface area contributed by atoms with Crippen molar-refractivity contribution in [1.29, 1.82) is 0 Å². The average Bonchev–Trinajstić information content (AvgIpc) is 2.68. The molecule has 0 atom stereocenters. The molecule has 2 rings (SSSR count). The lowest BCUT2D eigenvalue weighted by atomic mass is 10.1. The van der Waals surface area contributed by atoms with Crippen molar-refractivity contribution in [3.05, 3.63) is 12.2 Å². The molecule has 0 amide bonds. The van der Waals surface area contributed by atoms with Crippen molar-refractivity contribution in [3.8, 4) is 0 Å². The van der Waals surface area contributed by atoms with E-state index in [1.807, 2.05) is 6.33 Å². The average molecular weight is 196 g/mol. The molecule has 0 spiro atoms. The predicted molar refractivity (Wildman–Crippen MR) is 51.9 cm³/mol. The minimum absolute atomic E-state index is 0.538. The van der Waals surface area contributed by atoms with Crippen molar-refractivity contribution in [2.75, 3.05) is 20.2 Å². The van der Waals surface area contributed by atoms with Crippen LogP contribution in [0.25, 0.3) is 0 Å². The summed E-state index contributed by atoms with van der Waals surface area (Å²) >= 11 is 0. The monoisotopic (exact) mass is 196 g/mol. The van der Waals surface area contributed by atoms with Crippen LogP contribution in [0.15, 0.2) is 6.33 Å². The van der Waals surface area contributed by atoms with Gasteiger partial charge in [0.1, 0.15) is 12.9 Å². The van der Waals surface area contributed by atoms with E-state index in [-0.39, 0.29) is 0 Å². The molecule has 14 heavy (non-hydrogen) atoms. The Morgan fingerprint density at radius 1 is 1.57 bits per heavy atom. The molecule has 1 N–H and O–H groups in total. The fourth-order valence-corrected chi connectivity index (χ4v) is 1.89. The predicted octanol–water partition coefficient (Wildman–Crippen LogP) is 0.349. The van der Waals surface area contributed by atoms with Crippen LogP contribution in [0, 0.1) is 0 Å². The van der Waals surface area contributed by atoms with E-state index in [2.05, 4.69) is 20.1 Å². The lowest BCUT2D eigenvalue weighted by Crippen LogP contribution is -2.30. The number of rotatable bonds is 3. The normalized spacial score (nSPS) is 18.6. The first-order chi connectivity index (χ1) is 6.92. The molecule has 78 valence electrons. The van der Waals surface area contributed by atoms with Crippen LogP contribution in [0.3, 0.4) is 0 Å². The SMILES string of the molecule is COCc1nncn1C1CCNCC1. The van der Waals surface area contributed by atoms with Crippen LogP contribution in [-0.4, -0.2) is 35.0 Å². The largest absolute Gasteiger partial charge is 0.377 e. The van der Waals surface area contributed by atoms with Gasteiger partial charge in [-0.05, 0) is 25.9 Å². The second-order valence-corrected chi connectivity index (χ2v) is 3.57. The van der Waals surface area contributed by atoms with Gasteiger partial charge in [0.2, 0.25) is 0 Å². The molecule has 1 aromatic rings. The third kappa shape index (κ3) is 1.93. The van der Waals surface area contributed by atoms with E-state index < -0.39 is 0 Å². The summed E-state index contributed by atoms with van der Waals surface area (Å²) in [5.74, 6) is 0.930. The third-order valence-electron chi connectivity index (χ3n) is 2.62. The van der Waals surface area contributed by atoms with Crippen LogP contribution in [0.1, 0.15) is 24.7 Å². The van der Waals surface area contributed by atoms with Gasteiger partial charge in [0.25, 0.3) is 0 Å². The number of methoxy groups -OCH3 is 1. The van der Waals surface area contributed by atoms with E-state index in [1.165, 1.54) is 0 Å². The molecule has 2 heterocycles. The Morgan fingerprint density at radius 3 is 3.07 bits per heavy atom. The van der Waals surface area contributed by atoms with E-state index in [4.69, 9.17) is 4.74 Å². The molecule has 0 saturated carbocycles. The molecule has 0 radical (unpaired) electrons. The van der Waals surface area contributed by atoms with Gasteiger partial charge in [0.15, 0.2) is 5.82 Å². The van der Waals surface area contributed by atoms with Gasteiger partial charge in [0.05, 0.1) is 0 Å². The summed E-state index contributed by atoms with van der Waals surface area (Å²) in [5, 5.41) is 11.3. The lowest BCUT2D eigenvalue weighted by Gasteiger charge is -2.24. The zero-order valence-corrected chi connectivity index (χ0v) is 8.44. The summed E-state index contributed by atoms with van der Waals surface area (Å²) in [5.41, 5.74) is 0. The molecule has 1 aliphatic heterocycles. The first-order valence-corrected chi connectivity index (χ1v) is 5.00. The molecule has 0 aromatic carbocycles. The highest BCUT2D eigenvalue weighted by Crippen LogP contribution is 2.19. The summed E-state index contributed by atoms with van der Waals surface area (Å²) < 4.78 is 7.22. The minimum atomic E-state index is 0.538. The molecular weight excluding hydrogens is 180 g/mol. The van der Waals surface area contributed by atoms with Crippen molar-refractivity contribution >= 4 is 0 Å². The van der Waals surface area contributed by atoms with E-state index in [0.717, 1.165) is 31.8 Å². The topological polar surface area (TPSA) is 52.0 Å². The van der Waals surface area contributed by atoms with Crippen molar-refractivity contribution in [2.24, 2.45) is 0 Å². The van der Waals surface area contributed by atoms with Crippen molar-refractivity contribution in [2.45, 2.75) is 25.5 Å². The quantitative estimate of drug-likeness (QED) is 0.758. The van der Waals surface area contributed by atoms with E-state index >= 15 is 0 Å². The van der Waals surface area contributed by atoms with Crippen LogP contribution in [0.4, 0.5) is 0 Å². The smallest absolute Gasteiger partial charge is 0.159 e. The summed E-state index contributed by atoms with van der Waals surface area (Å²) in [6.07, 6.45) is 4.11. The molecule has 0 unspecified atom stereocenters. The van der Waals surface area contributed by atoms with E-state index in [0.29, 0.717) is 12.6 Å². The minimum Gasteiger partial charge on any atom is -0.377 e. The van der Waals surface area contributed by atoms with Crippen LogP contribution in [0.2, 0.25) is 0 Å². The second-order valence-electron chi connectivity index (χ2n) is 3.57. The van der Waals surface area contributed by atoms with Crippen molar-refractivity contribution in [3.63, 3.8) is 0 Å². The fourth-order valence-electron chi connectivity index (χ4n) is 1.89. The van der Waals surface area contributed by atoms with Gasteiger partial charge in [-0.2, -0.15) is 0 Å². The Hall–Kier alpha value is -0.940. The highest BCUT2D eigenvalue weighted by atomic mass is 16.5. The van der Waals surface area contributed by atoms with Crippen LogP contribution in [0.5, 0.6) is 0 Å². The van der Waals surface area contributed by atoms with Crippen molar-refractivity contribution < 1.29 is 4.74 Å². The maximum Gasteiger partial charge on any atom is 0.159 e. The first kappa shape index (κ1) is 9.61. The maximum absolute atomic E-state index is 5.08. The number of piperidine rings is 1. The van der Waals surface area contributed by atoms with Crippen molar-refractivity contribution in [1.82, 2.24) is 20.1 Å².